The second-order valence-electron chi connectivity index (χ2n) is 7.13. The van der Waals surface area contributed by atoms with Gasteiger partial charge in [-0.25, -0.2) is 4.68 Å². The molecule has 0 spiro atoms. The molecule has 1 atom stereocenters. The van der Waals surface area contributed by atoms with Crippen LogP contribution in [0, 0.1) is 5.92 Å². The van der Waals surface area contributed by atoms with Gasteiger partial charge in [0.1, 0.15) is 5.69 Å². The molecule has 1 amide bonds. The largest absolute Gasteiger partial charge is 0.416 e. The molecule has 0 aliphatic carbocycles. The highest BCUT2D eigenvalue weighted by Gasteiger charge is 2.33. The molecule has 1 fully saturated rings. The first-order valence-electron chi connectivity index (χ1n) is 9.24. The molecule has 1 saturated heterocycles. The van der Waals surface area contributed by atoms with Crippen molar-refractivity contribution in [3.63, 3.8) is 0 Å². The Morgan fingerprint density at radius 2 is 1.96 bits per heavy atom. The highest BCUT2D eigenvalue weighted by Crippen LogP contribution is 2.33. The van der Waals surface area contributed by atoms with Crippen LogP contribution in [0.2, 0.25) is 0 Å². The molecule has 3 rings (SSSR count). The molecule has 1 aromatic heterocycles. The number of aryl methyl sites for hydroxylation is 2. The standard InChI is InChI=1S/C20H22F3N3O2/c1-25-18(27)11-10-17(24-25)19(28)26-12-4-5-14(13-26)8-9-15-6-2-3-7-16(15)20(21,22)23/h2-3,6-7,10-11,14H,4-5,8-9,12-13H2,1H3/t14-/m1/s1. The first-order valence-corrected chi connectivity index (χ1v) is 9.24. The Balaban J connectivity index is 1.65. The highest BCUT2D eigenvalue weighted by molar-refractivity contribution is 5.92. The lowest BCUT2D eigenvalue weighted by molar-refractivity contribution is -0.138. The van der Waals surface area contributed by atoms with Crippen LogP contribution >= 0.6 is 0 Å². The smallest absolute Gasteiger partial charge is 0.337 e. The summed E-state index contributed by atoms with van der Waals surface area (Å²) in [4.78, 5) is 25.8. The van der Waals surface area contributed by atoms with Gasteiger partial charge in [-0.2, -0.15) is 18.3 Å². The molecule has 0 unspecified atom stereocenters. The Kier molecular flexibility index (Phi) is 5.86. The number of benzene rings is 1. The third-order valence-corrected chi connectivity index (χ3v) is 5.13. The van der Waals surface area contributed by atoms with E-state index >= 15 is 0 Å². The Labute approximate surface area is 160 Å². The van der Waals surface area contributed by atoms with Gasteiger partial charge in [-0.15, -0.1) is 0 Å². The lowest BCUT2D eigenvalue weighted by Gasteiger charge is -2.32. The predicted octanol–water partition coefficient (Wildman–Crippen LogP) is 3.28. The molecule has 150 valence electrons. The van der Waals surface area contributed by atoms with E-state index in [-0.39, 0.29) is 28.6 Å². The van der Waals surface area contributed by atoms with Crippen LogP contribution in [0.1, 0.15) is 40.9 Å². The lowest BCUT2D eigenvalue weighted by atomic mass is 9.90. The molecule has 1 aliphatic rings. The molecular formula is C20H22F3N3O2. The Hall–Kier alpha value is -2.64. The van der Waals surface area contributed by atoms with Crippen molar-refractivity contribution < 1.29 is 18.0 Å². The Morgan fingerprint density at radius 1 is 1.21 bits per heavy atom. The molecule has 28 heavy (non-hydrogen) atoms. The maximum absolute atomic E-state index is 13.1. The third-order valence-electron chi connectivity index (χ3n) is 5.13. The zero-order chi connectivity index (χ0) is 20.3. The van der Waals surface area contributed by atoms with E-state index in [4.69, 9.17) is 0 Å². The summed E-state index contributed by atoms with van der Waals surface area (Å²) in [5.41, 5.74) is -0.395. The van der Waals surface area contributed by atoms with Crippen LogP contribution in [-0.2, 0) is 19.6 Å². The zero-order valence-electron chi connectivity index (χ0n) is 15.6. The van der Waals surface area contributed by atoms with Gasteiger partial charge in [0, 0.05) is 26.2 Å². The number of carbonyl (C=O) groups excluding carboxylic acids is 1. The molecule has 8 heteroatoms. The molecule has 1 aliphatic heterocycles. The first kappa shape index (κ1) is 20.1. The molecule has 0 radical (unpaired) electrons. The number of aromatic nitrogens is 2. The number of hydrogen-bond acceptors (Lipinski definition) is 3. The van der Waals surface area contributed by atoms with Gasteiger partial charge in [0.2, 0.25) is 0 Å². The second kappa shape index (κ2) is 8.16. The molecule has 0 bridgehead atoms. The minimum Gasteiger partial charge on any atom is -0.337 e. The van der Waals surface area contributed by atoms with Crippen LogP contribution in [0.3, 0.4) is 0 Å². The van der Waals surface area contributed by atoms with Crippen LogP contribution in [0.5, 0.6) is 0 Å². The zero-order valence-corrected chi connectivity index (χ0v) is 15.6. The summed E-state index contributed by atoms with van der Waals surface area (Å²) in [5.74, 6) is -0.123. The van der Waals surface area contributed by atoms with Crippen LogP contribution in [0.15, 0.2) is 41.2 Å². The average Bonchev–Trinajstić information content (AvgIpc) is 2.67. The fourth-order valence-corrected chi connectivity index (χ4v) is 3.64. The lowest BCUT2D eigenvalue weighted by Crippen LogP contribution is -2.41. The normalized spacial score (nSPS) is 17.6. The molecule has 5 nitrogen and oxygen atoms in total. The van der Waals surface area contributed by atoms with E-state index in [1.807, 2.05) is 0 Å². The number of rotatable bonds is 4. The van der Waals surface area contributed by atoms with Gasteiger partial charge < -0.3 is 4.90 Å². The minimum absolute atomic E-state index is 0.131. The molecule has 0 N–H and O–H groups in total. The topological polar surface area (TPSA) is 55.2 Å². The molecule has 2 aromatic rings. The van der Waals surface area contributed by atoms with E-state index in [2.05, 4.69) is 5.10 Å². The van der Waals surface area contributed by atoms with Crippen molar-refractivity contribution in [2.45, 2.75) is 31.9 Å². The SMILES string of the molecule is Cn1nc(C(=O)N2CCC[C@H](CCc3ccccc3C(F)(F)F)C2)ccc1=O. The first-order chi connectivity index (χ1) is 13.3. The summed E-state index contributed by atoms with van der Waals surface area (Å²) < 4.78 is 40.6. The average molecular weight is 393 g/mol. The third kappa shape index (κ3) is 4.61. The van der Waals surface area contributed by atoms with Crippen molar-refractivity contribution in [3.8, 4) is 0 Å². The molecule has 1 aromatic carbocycles. The fraction of sp³-hybridized carbons (Fsp3) is 0.450. The van der Waals surface area contributed by atoms with Crippen molar-refractivity contribution in [2.24, 2.45) is 13.0 Å². The number of halogens is 3. The highest BCUT2D eigenvalue weighted by atomic mass is 19.4. The number of nitrogens with zero attached hydrogens (tertiary/aromatic N) is 3. The summed E-state index contributed by atoms with van der Waals surface area (Å²) in [6.07, 6.45) is -1.79. The van der Waals surface area contributed by atoms with Gasteiger partial charge in [0.25, 0.3) is 11.5 Å². The van der Waals surface area contributed by atoms with Gasteiger partial charge in [-0.1, -0.05) is 18.2 Å². The van der Waals surface area contributed by atoms with Crippen LogP contribution < -0.4 is 5.56 Å². The Morgan fingerprint density at radius 3 is 2.68 bits per heavy atom. The van der Waals surface area contributed by atoms with E-state index in [9.17, 15) is 22.8 Å². The second-order valence-corrected chi connectivity index (χ2v) is 7.13. The van der Waals surface area contributed by atoms with E-state index in [1.54, 1.807) is 11.0 Å². The van der Waals surface area contributed by atoms with E-state index < -0.39 is 11.7 Å². The van der Waals surface area contributed by atoms with Crippen molar-refractivity contribution in [2.75, 3.05) is 13.1 Å². The van der Waals surface area contributed by atoms with E-state index in [0.29, 0.717) is 25.9 Å². The van der Waals surface area contributed by atoms with Gasteiger partial charge in [-0.3, -0.25) is 9.59 Å². The molecular weight excluding hydrogens is 371 g/mol. The summed E-state index contributed by atoms with van der Waals surface area (Å²) in [6, 6.07) is 8.35. The predicted molar refractivity (Wildman–Crippen MR) is 97.9 cm³/mol. The van der Waals surface area contributed by atoms with Gasteiger partial charge in [-0.05, 0) is 49.3 Å². The number of amides is 1. The monoisotopic (exact) mass is 393 g/mol. The summed E-state index contributed by atoms with van der Waals surface area (Å²) in [7, 11) is 1.48. The maximum atomic E-state index is 13.1. The van der Waals surface area contributed by atoms with E-state index in [1.165, 1.54) is 31.3 Å². The number of piperidine rings is 1. The van der Waals surface area contributed by atoms with Crippen molar-refractivity contribution in [3.05, 3.63) is 63.6 Å². The molecule has 2 heterocycles. The van der Waals surface area contributed by atoms with Crippen LogP contribution in [-0.4, -0.2) is 33.7 Å². The maximum Gasteiger partial charge on any atom is 0.416 e. The van der Waals surface area contributed by atoms with Crippen molar-refractivity contribution in [1.29, 1.82) is 0 Å². The van der Waals surface area contributed by atoms with Crippen LogP contribution in [0.25, 0.3) is 0 Å². The number of hydrogen-bond donors (Lipinski definition) is 0. The van der Waals surface area contributed by atoms with Gasteiger partial charge in [0.15, 0.2) is 0 Å². The van der Waals surface area contributed by atoms with E-state index in [0.717, 1.165) is 23.6 Å². The van der Waals surface area contributed by atoms with Gasteiger partial charge in [0.05, 0.1) is 5.56 Å². The number of likely N-dealkylation sites (tertiary alicyclic amines) is 1. The van der Waals surface area contributed by atoms with Crippen molar-refractivity contribution in [1.82, 2.24) is 14.7 Å². The number of alkyl halides is 3. The fourth-order valence-electron chi connectivity index (χ4n) is 3.64. The minimum atomic E-state index is -4.36. The Bertz CT molecular complexity index is 908. The number of carbonyl (C=O) groups is 1. The van der Waals surface area contributed by atoms with Crippen molar-refractivity contribution >= 4 is 5.91 Å². The van der Waals surface area contributed by atoms with Crippen LogP contribution in [0.4, 0.5) is 13.2 Å². The summed E-state index contributed by atoms with van der Waals surface area (Å²) >= 11 is 0. The quantitative estimate of drug-likeness (QED) is 0.801. The molecule has 0 saturated carbocycles. The van der Waals surface area contributed by atoms with Gasteiger partial charge >= 0.3 is 6.18 Å². The summed E-state index contributed by atoms with van der Waals surface area (Å²) in [5, 5.41) is 3.99. The summed E-state index contributed by atoms with van der Waals surface area (Å²) in [6.45, 7) is 1.07.